The molecule has 2 heterocycles. The molecule has 6 heteroatoms. The van der Waals surface area contributed by atoms with E-state index in [0.717, 1.165) is 37.4 Å². The van der Waals surface area contributed by atoms with Gasteiger partial charge in [-0.15, -0.1) is 0 Å². The molecule has 2 aliphatic heterocycles. The number of hydrogen-bond acceptors (Lipinski definition) is 4. The Balaban J connectivity index is 1.68. The minimum absolute atomic E-state index is 0.0287. The van der Waals surface area contributed by atoms with Crippen molar-refractivity contribution in [3.05, 3.63) is 24.3 Å². The SMILES string of the molecule is FC(F)Oc1ccccc1NC1CCOC2(CCSC2)C1. The zero-order valence-corrected chi connectivity index (χ0v) is 12.5. The van der Waals surface area contributed by atoms with E-state index in [9.17, 15) is 8.78 Å². The van der Waals surface area contributed by atoms with E-state index in [0.29, 0.717) is 5.69 Å². The van der Waals surface area contributed by atoms with Gasteiger partial charge in [0.15, 0.2) is 0 Å². The summed E-state index contributed by atoms with van der Waals surface area (Å²) in [4.78, 5) is 0. The molecular formula is C15H19F2NO2S. The number of benzene rings is 1. The highest BCUT2D eigenvalue weighted by atomic mass is 32.2. The molecule has 21 heavy (non-hydrogen) atoms. The third-order valence-corrected chi connectivity index (χ3v) is 5.25. The molecule has 1 spiro atoms. The molecule has 3 rings (SSSR count). The molecule has 0 radical (unpaired) electrons. The fraction of sp³-hybridized carbons (Fsp3) is 0.600. The van der Waals surface area contributed by atoms with Crippen LogP contribution in [0, 0.1) is 0 Å². The van der Waals surface area contributed by atoms with Gasteiger partial charge in [0.25, 0.3) is 0 Å². The van der Waals surface area contributed by atoms with Gasteiger partial charge in [-0.2, -0.15) is 20.5 Å². The van der Waals surface area contributed by atoms with Gasteiger partial charge in [0.05, 0.1) is 11.3 Å². The van der Waals surface area contributed by atoms with Crippen molar-refractivity contribution in [2.75, 3.05) is 23.4 Å². The van der Waals surface area contributed by atoms with Crippen LogP contribution in [0.15, 0.2) is 24.3 Å². The maximum absolute atomic E-state index is 12.4. The number of hydrogen-bond donors (Lipinski definition) is 1. The topological polar surface area (TPSA) is 30.5 Å². The summed E-state index contributed by atoms with van der Waals surface area (Å²) in [5, 5.41) is 3.36. The van der Waals surface area contributed by atoms with Crippen LogP contribution in [0.3, 0.4) is 0 Å². The van der Waals surface area contributed by atoms with Crippen LogP contribution in [0.4, 0.5) is 14.5 Å². The number of para-hydroxylation sites is 2. The zero-order valence-electron chi connectivity index (χ0n) is 11.7. The second-order valence-corrected chi connectivity index (χ2v) is 6.65. The van der Waals surface area contributed by atoms with Crippen LogP contribution in [0.5, 0.6) is 5.75 Å². The molecule has 0 amide bonds. The summed E-state index contributed by atoms with van der Waals surface area (Å²) < 4.78 is 35.4. The largest absolute Gasteiger partial charge is 0.433 e. The van der Waals surface area contributed by atoms with E-state index in [1.807, 2.05) is 17.8 Å². The Labute approximate surface area is 127 Å². The second-order valence-electron chi connectivity index (χ2n) is 5.54. The maximum atomic E-state index is 12.4. The molecule has 0 aromatic heterocycles. The van der Waals surface area contributed by atoms with Crippen molar-refractivity contribution in [3.63, 3.8) is 0 Å². The van der Waals surface area contributed by atoms with Gasteiger partial charge in [0, 0.05) is 18.4 Å². The minimum atomic E-state index is -2.81. The van der Waals surface area contributed by atoms with Crippen LogP contribution in [-0.4, -0.2) is 36.4 Å². The lowest BCUT2D eigenvalue weighted by molar-refractivity contribution is -0.0632. The molecule has 2 atom stereocenters. The second kappa shape index (κ2) is 6.40. The van der Waals surface area contributed by atoms with Gasteiger partial charge in [-0.1, -0.05) is 12.1 Å². The summed E-state index contributed by atoms with van der Waals surface area (Å²) in [6.45, 7) is -2.09. The minimum Gasteiger partial charge on any atom is -0.433 e. The molecule has 0 aliphatic carbocycles. The number of rotatable bonds is 4. The summed E-state index contributed by atoms with van der Waals surface area (Å²) in [5.74, 6) is 2.37. The average molecular weight is 315 g/mol. The van der Waals surface area contributed by atoms with Gasteiger partial charge >= 0.3 is 6.61 Å². The van der Waals surface area contributed by atoms with Gasteiger partial charge in [-0.05, 0) is 37.1 Å². The van der Waals surface area contributed by atoms with E-state index in [-0.39, 0.29) is 17.4 Å². The first-order chi connectivity index (χ1) is 10.2. The number of halogens is 2. The Bertz CT molecular complexity index is 480. The van der Waals surface area contributed by atoms with Gasteiger partial charge in [-0.3, -0.25) is 0 Å². The first-order valence-electron chi connectivity index (χ1n) is 7.19. The first kappa shape index (κ1) is 14.9. The molecule has 1 aromatic rings. The van der Waals surface area contributed by atoms with E-state index in [1.165, 1.54) is 0 Å². The lowest BCUT2D eigenvalue weighted by Gasteiger charge is -2.38. The highest BCUT2D eigenvalue weighted by Gasteiger charge is 2.40. The van der Waals surface area contributed by atoms with Crippen molar-refractivity contribution < 1.29 is 18.3 Å². The van der Waals surface area contributed by atoms with Crippen LogP contribution >= 0.6 is 11.8 Å². The average Bonchev–Trinajstić information content (AvgIpc) is 2.88. The molecule has 2 saturated heterocycles. The predicted molar refractivity (Wildman–Crippen MR) is 80.3 cm³/mol. The van der Waals surface area contributed by atoms with Gasteiger partial charge in [0.2, 0.25) is 0 Å². The van der Waals surface area contributed by atoms with E-state index in [2.05, 4.69) is 10.1 Å². The molecule has 2 fully saturated rings. The van der Waals surface area contributed by atoms with Crippen molar-refractivity contribution in [1.82, 2.24) is 0 Å². The van der Waals surface area contributed by atoms with Crippen molar-refractivity contribution in [2.24, 2.45) is 0 Å². The third-order valence-electron chi connectivity index (χ3n) is 4.02. The van der Waals surface area contributed by atoms with Crippen LogP contribution in [0.1, 0.15) is 19.3 Å². The molecular weight excluding hydrogens is 296 g/mol. The lowest BCUT2D eigenvalue weighted by Crippen LogP contribution is -2.44. The lowest BCUT2D eigenvalue weighted by atomic mass is 9.89. The molecule has 1 N–H and O–H groups in total. The number of thioether (sulfide) groups is 1. The molecule has 0 bridgehead atoms. The van der Waals surface area contributed by atoms with Crippen molar-refractivity contribution in [2.45, 2.75) is 37.5 Å². The quantitative estimate of drug-likeness (QED) is 0.916. The van der Waals surface area contributed by atoms with Crippen molar-refractivity contribution >= 4 is 17.4 Å². The summed E-state index contributed by atoms with van der Waals surface area (Å²) in [6.07, 6.45) is 2.88. The number of alkyl halides is 2. The standard InChI is InChI=1S/C15H19F2NO2S/c16-14(17)20-13-4-2-1-3-12(13)18-11-5-7-19-15(9-11)6-8-21-10-15/h1-4,11,14,18H,5-10H2. The summed E-state index contributed by atoms with van der Waals surface area (Å²) in [5.41, 5.74) is 0.601. The molecule has 0 saturated carbocycles. The number of nitrogens with one attached hydrogen (secondary N) is 1. The fourth-order valence-corrected chi connectivity index (χ4v) is 4.40. The van der Waals surface area contributed by atoms with Crippen molar-refractivity contribution in [3.8, 4) is 5.75 Å². The van der Waals surface area contributed by atoms with Crippen LogP contribution < -0.4 is 10.1 Å². The van der Waals surface area contributed by atoms with E-state index < -0.39 is 6.61 Å². The number of ether oxygens (including phenoxy) is 2. The Morgan fingerprint density at radius 1 is 1.38 bits per heavy atom. The van der Waals surface area contributed by atoms with Crippen LogP contribution in [-0.2, 0) is 4.74 Å². The predicted octanol–water partition coefficient (Wildman–Crippen LogP) is 3.75. The van der Waals surface area contributed by atoms with Gasteiger partial charge < -0.3 is 14.8 Å². The van der Waals surface area contributed by atoms with Crippen LogP contribution in [0.2, 0.25) is 0 Å². The maximum Gasteiger partial charge on any atom is 0.387 e. The van der Waals surface area contributed by atoms with E-state index in [1.54, 1.807) is 18.2 Å². The van der Waals surface area contributed by atoms with E-state index in [4.69, 9.17) is 4.74 Å². The Kier molecular flexibility index (Phi) is 4.54. The third kappa shape index (κ3) is 3.61. The zero-order chi connectivity index (χ0) is 14.7. The van der Waals surface area contributed by atoms with E-state index >= 15 is 0 Å². The highest BCUT2D eigenvalue weighted by Crippen LogP contribution is 2.39. The fourth-order valence-electron chi connectivity index (χ4n) is 3.02. The molecule has 116 valence electrons. The summed E-state index contributed by atoms with van der Waals surface area (Å²) in [7, 11) is 0. The Hall–Kier alpha value is -1.01. The number of anilines is 1. The highest BCUT2D eigenvalue weighted by molar-refractivity contribution is 7.99. The molecule has 2 unspecified atom stereocenters. The van der Waals surface area contributed by atoms with Gasteiger partial charge in [-0.25, -0.2) is 0 Å². The normalized spacial score (nSPS) is 29.0. The Morgan fingerprint density at radius 3 is 3.00 bits per heavy atom. The van der Waals surface area contributed by atoms with Crippen LogP contribution in [0.25, 0.3) is 0 Å². The van der Waals surface area contributed by atoms with Crippen molar-refractivity contribution in [1.29, 1.82) is 0 Å². The molecule has 1 aromatic carbocycles. The molecule has 3 nitrogen and oxygen atoms in total. The molecule has 2 aliphatic rings. The smallest absolute Gasteiger partial charge is 0.387 e. The Morgan fingerprint density at radius 2 is 2.24 bits per heavy atom. The monoisotopic (exact) mass is 315 g/mol. The van der Waals surface area contributed by atoms with Gasteiger partial charge in [0.1, 0.15) is 5.75 Å². The summed E-state index contributed by atoms with van der Waals surface area (Å²) in [6, 6.07) is 7.10. The summed E-state index contributed by atoms with van der Waals surface area (Å²) >= 11 is 1.92. The first-order valence-corrected chi connectivity index (χ1v) is 8.34.